The van der Waals surface area contributed by atoms with Gasteiger partial charge >= 0.3 is 0 Å². The summed E-state index contributed by atoms with van der Waals surface area (Å²) in [6.07, 6.45) is 7.14. The fraction of sp³-hybridized carbons (Fsp3) is 0.500. The van der Waals surface area contributed by atoms with Gasteiger partial charge in [0.05, 0.1) is 6.33 Å². The van der Waals surface area contributed by atoms with Crippen LogP contribution in [0.1, 0.15) is 43.1 Å². The van der Waals surface area contributed by atoms with Crippen molar-refractivity contribution in [3.05, 3.63) is 18.3 Å². The number of amides is 1. The predicted molar refractivity (Wildman–Crippen MR) is 77.4 cm³/mol. The van der Waals surface area contributed by atoms with Crippen molar-refractivity contribution in [2.24, 2.45) is 5.92 Å². The average molecular weight is 289 g/mol. The first-order valence-corrected chi connectivity index (χ1v) is 7.19. The van der Waals surface area contributed by atoms with Gasteiger partial charge in [-0.2, -0.15) is 0 Å². The number of nitrogen functional groups attached to an aromatic ring is 1. The summed E-state index contributed by atoms with van der Waals surface area (Å²) < 4.78 is 5.29. The van der Waals surface area contributed by atoms with Crippen LogP contribution in [-0.4, -0.2) is 26.9 Å². The van der Waals surface area contributed by atoms with Crippen LogP contribution in [0.25, 0.3) is 11.6 Å². The summed E-state index contributed by atoms with van der Waals surface area (Å²) in [6.45, 7) is 2.25. The molecule has 2 aromatic rings. The number of H-pyrrole nitrogens is 1. The van der Waals surface area contributed by atoms with E-state index in [0.717, 1.165) is 31.6 Å². The molecule has 0 atom stereocenters. The molecule has 0 unspecified atom stereocenters. The first kappa shape index (κ1) is 13.7. The second-order valence-electron chi connectivity index (χ2n) is 5.63. The monoisotopic (exact) mass is 289 g/mol. The molecule has 0 aliphatic heterocycles. The molecular formula is C14H19N5O2. The number of anilines is 1. The topological polar surface area (TPSA) is 110 Å². The third kappa shape index (κ3) is 2.91. The number of imidazole rings is 1. The Morgan fingerprint density at radius 3 is 2.86 bits per heavy atom. The Hall–Kier alpha value is -2.31. The van der Waals surface area contributed by atoms with E-state index in [4.69, 9.17) is 10.2 Å². The van der Waals surface area contributed by atoms with Crippen LogP contribution in [0.3, 0.4) is 0 Å². The molecule has 0 bridgehead atoms. The number of hydrogen-bond acceptors (Lipinski definition) is 5. The third-order valence-corrected chi connectivity index (χ3v) is 3.97. The molecule has 112 valence electrons. The van der Waals surface area contributed by atoms with Crippen LogP contribution < -0.4 is 11.1 Å². The van der Waals surface area contributed by atoms with Gasteiger partial charge < -0.3 is 20.5 Å². The van der Waals surface area contributed by atoms with Gasteiger partial charge in [0.15, 0.2) is 11.5 Å². The Kier molecular flexibility index (Phi) is 3.64. The van der Waals surface area contributed by atoms with Crippen LogP contribution in [0.15, 0.2) is 17.0 Å². The lowest BCUT2D eigenvalue weighted by atomic mass is 9.87. The van der Waals surface area contributed by atoms with Gasteiger partial charge in [-0.25, -0.2) is 9.97 Å². The standard InChI is InChI=1S/C14H19N5O2/c1-8-2-4-9(5-3-8)18-13(20)10-6-21-14(19-10)11-12(15)17-7-16-11/h6-9H,2-5,15H2,1H3,(H,16,17)(H,18,20). The number of carbonyl (C=O) groups excluding carboxylic acids is 1. The van der Waals surface area contributed by atoms with Gasteiger partial charge in [-0.1, -0.05) is 6.92 Å². The maximum absolute atomic E-state index is 12.2. The minimum atomic E-state index is -0.206. The molecule has 1 amide bonds. The van der Waals surface area contributed by atoms with E-state index in [9.17, 15) is 4.79 Å². The molecule has 7 nitrogen and oxygen atoms in total. The number of nitrogens with one attached hydrogen (secondary N) is 2. The minimum Gasteiger partial charge on any atom is -0.442 e. The molecule has 1 aliphatic rings. The molecule has 0 saturated heterocycles. The lowest BCUT2D eigenvalue weighted by molar-refractivity contribution is 0.0918. The number of nitrogens with two attached hydrogens (primary N) is 1. The van der Waals surface area contributed by atoms with E-state index in [2.05, 4.69) is 27.2 Å². The van der Waals surface area contributed by atoms with E-state index in [1.807, 2.05) is 0 Å². The van der Waals surface area contributed by atoms with Crippen molar-refractivity contribution in [3.8, 4) is 11.6 Å². The maximum Gasteiger partial charge on any atom is 0.273 e. The summed E-state index contributed by atoms with van der Waals surface area (Å²) >= 11 is 0. The Bertz CT molecular complexity index is 625. The van der Waals surface area contributed by atoms with Gasteiger partial charge in [-0.05, 0) is 31.6 Å². The van der Waals surface area contributed by atoms with E-state index < -0.39 is 0 Å². The third-order valence-electron chi connectivity index (χ3n) is 3.97. The summed E-state index contributed by atoms with van der Waals surface area (Å²) in [6, 6.07) is 0.228. The van der Waals surface area contributed by atoms with Gasteiger partial charge in [0.25, 0.3) is 5.91 Å². The highest BCUT2D eigenvalue weighted by atomic mass is 16.3. The smallest absolute Gasteiger partial charge is 0.273 e. The summed E-state index contributed by atoms with van der Waals surface area (Å²) in [5.41, 5.74) is 6.43. The molecule has 0 radical (unpaired) electrons. The number of aromatic nitrogens is 3. The Labute approximate surface area is 122 Å². The molecule has 0 aromatic carbocycles. The molecule has 4 N–H and O–H groups in total. The van der Waals surface area contributed by atoms with E-state index >= 15 is 0 Å². The van der Waals surface area contributed by atoms with E-state index in [1.54, 1.807) is 0 Å². The fourth-order valence-electron chi connectivity index (χ4n) is 2.63. The molecule has 7 heteroatoms. The Balaban J connectivity index is 1.66. The highest BCUT2D eigenvalue weighted by molar-refractivity contribution is 5.92. The largest absolute Gasteiger partial charge is 0.442 e. The molecule has 0 spiro atoms. The molecule has 3 rings (SSSR count). The zero-order chi connectivity index (χ0) is 14.8. The first-order valence-electron chi connectivity index (χ1n) is 7.19. The highest BCUT2D eigenvalue weighted by Crippen LogP contribution is 2.24. The zero-order valence-electron chi connectivity index (χ0n) is 11.9. The molecule has 2 aromatic heterocycles. The summed E-state index contributed by atoms with van der Waals surface area (Å²) in [5.74, 6) is 1.11. The lowest BCUT2D eigenvalue weighted by Gasteiger charge is -2.26. The van der Waals surface area contributed by atoms with Gasteiger partial charge in [-0.15, -0.1) is 0 Å². The van der Waals surface area contributed by atoms with Crippen LogP contribution in [0.4, 0.5) is 5.82 Å². The van der Waals surface area contributed by atoms with Gasteiger partial charge in [0.1, 0.15) is 12.0 Å². The van der Waals surface area contributed by atoms with Crippen molar-refractivity contribution >= 4 is 11.7 Å². The SMILES string of the molecule is CC1CCC(NC(=O)c2coc(-c3[nH]cnc3N)n2)CC1. The van der Waals surface area contributed by atoms with Crippen LogP contribution in [-0.2, 0) is 0 Å². The first-order chi connectivity index (χ1) is 10.1. The summed E-state index contributed by atoms with van der Waals surface area (Å²) in [7, 11) is 0. The van der Waals surface area contributed by atoms with E-state index in [-0.39, 0.29) is 23.5 Å². The van der Waals surface area contributed by atoms with Crippen molar-refractivity contribution in [2.45, 2.75) is 38.6 Å². The second-order valence-corrected chi connectivity index (χ2v) is 5.63. The second kappa shape index (κ2) is 5.59. The minimum absolute atomic E-state index is 0.206. The van der Waals surface area contributed by atoms with Crippen LogP contribution in [0.5, 0.6) is 0 Å². The molecule has 21 heavy (non-hydrogen) atoms. The van der Waals surface area contributed by atoms with Gasteiger partial charge in [0.2, 0.25) is 5.89 Å². The molecule has 1 fully saturated rings. The van der Waals surface area contributed by atoms with Crippen LogP contribution >= 0.6 is 0 Å². The van der Waals surface area contributed by atoms with Gasteiger partial charge in [0, 0.05) is 6.04 Å². The molecule has 1 saturated carbocycles. The number of hydrogen-bond donors (Lipinski definition) is 3. The summed E-state index contributed by atoms with van der Waals surface area (Å²) in [5, 5.41) is 3.01. The van der Waals surface area contributed by atoms with E-state index in [1.165, 1.54) is 12.6 Å². The molecule has 1 aliphatic carbocycles. The number of carbonyl (C=O) groups is 1. The van der Waals surface area contributed by atoms with Crippen molar-refractivity contribution in [3.63, 3.8) is 0 Å². The van der Waals surface area contributed by atoms with E-state index in [0.29, 0.717) is 11.5 Å². The molecule has 2 heterocycles. The van der Waals surface area contributed by atoms with Crippen molar-refractivity contribution in [2.75, 3.05) is 5.73 Å². The number of oxazole rings is 1. The average Bonchev–Trinajstić information content (AvgIpc) is 3.09. The fourth-order valence-corrected chi connectivity index (χ4v) is 2.63. The van der Waals surface area contributed by atoms with Crippen molar-refractivity contribution in [1.82, 2.24) is 20.3 Å². The lowest BCUT2D eigenvalue weighted by Crippen LogP contribution is -2.37. The van der Waals surface area contributed by atoms with Crippen LogP contribution in [0, 0.1) is 5.92 Å². The molecular weight excluding hydrogens is 270 g/mol. The van der Waals surface area contributed by atoms with Crippen LogP contribution in [0.2, 0.25) is 0 Å². The van der Waals surface area contributed by atoms with Crippen molar-refractivity contribution < 1.29 is 9.21 Å². The number of aromatic amines is 1. The Morgan fingerprint density at radius 2 is 2.19 bits per heavy atom. The Morgan fingerprint density at radius 1 is 1.43 bits per heavy atom. The highest BCUT2D eigenvalue weighted by Gasteiger charge is 2.22. The number of rotatable bonds is 3. The van der Waals surface area contributed by atoms with Crippen molar-refractivity contribution in [1.29, 1.82) is 0 Å². The summed E-state index contributed by atoms with van der Waals surface area (Å²) in [4.78, 5) is 23.0. The van der Waals surface area contributed by atoms with Gasteiger partial charge in [-0.3, -0.25) is 4.79 Å². The maximum atomic E-state index is 12.2. The predicted octanol–water partition coefficient (Wildman–Crippen LogP) is 1.96. The normalized spacial score (nSPS) is 22.1. The zero-order valence-corrected chi connectivity index (χ0v) is 11.9. The number of nitrogens with zero attached hydrogens (tertiary/aromatic N) is 2. The quantitative estimate of drug-likeness (QED) is 0.800.